The fraction of sp³-hybridized carbons (Fsp3) is 0.160. The molecule has 2 N–H and O–H groups in total. The smallest absolute Gasteiger partial charge is 0.223 e. The van der Waals surface area contributed by atoms with E-state index in [-0.39, 0.29) is 0 Å². The molecule has 144 valence electrons. The second-order valence-electron chi connectivity index (χ2n) is 7.58. The second-order valence-corrected chi connectivity index (χ2v) is 7.58. The van der Waals surface area contributed by atoms with E-state index in [1.54, 1.807) is 0 Å². The molecule has 2 heterocycles. The molecule has 1 aliphatic heterocycles. The van der Waals surface area contributed by atoms with Gasteiger partial charge in [-0.25, -0.2) is 4.99 Å². The summed E-state index contributed by atoms with van der Waals surface area (Å²) in [5.74, 6) is 0. The Morgan fingerprint density at radius 2 is 1.83 bits per heavy atom. The maximum atomic E-state index is 5.91. The predicted molar refractivity (Wildman–Crippen MR) is 128 cm³/mol. The summed E-state index contributed by atoms with van der Waals surface area (Å²) in [6.07, 6.45) is 9.30. The maximum Gasteiger partial charge on any atom is 0.223 e. The van der Waals surface area contributed by atoms with E-state index in [4.69, 9.17) is 10.7 Å². The molecular formula is C25H26BN3. The topological polar surface area (TPSA) is 43.3 Å². The molecule has 2 aromatic carbocycles. The normalized spacial score (nSPS) is 15.8. The van der Waals surface area contributed by atoms with Gasteiger partial charge in [0.25, 0.3) is 0 Å². The number of hydrogen-bond donors (Lipinski definition) is 1. The molecule has 3 nitrogen and oxygen atoms in total. The van der Waals surface area contributed by atoms with Crippen molar-refractivity contribution in [3.8, 4) is 0 Å². The fourth-order valence-corrected chi connectivity index (χ4v) is 4.01. The summed E-state index contributed by atoms with van der Waals surface area (Å²) in [6, 6.07) is 17.1. The number of nitrogens with two attached hydrogens (primary N) is 1. The van der Waals surface area contributed by atoms with Crippen molar-refractivity contribution >= 4 is 36.1 Å². The summed E-state index contributed by atoms with van der Waals surface area (Å²) >= 11 is 0. The minimum absolute atomic E-state index is 0.605. The lowest BCUT2D eigenvalue weighted by Crippen LogP contribution is -2.05. The fourth-order valence-electron chi connectivity index (χ4n) is 4.01. The van der Waals surface area contributed by atoms with Crippen LogP contribution in [-0.2, 0) is 0 Å². The number of nitrogens with zero attached hydrogens (tertiary/aromatic N) is 2. The van der Waals surface area contributed by atoms with Crippen LogP contribution in [0.5, 0.6) is 0 Å². The lowest BCUT2D eigenvalue weighted by Gasteiger charge is -2.11. The van der Waals surface area contributed by atoms with Gasteiger partial charge in [0, 0.05) is 11.3 Å². The Balaban J connectivity index is 1.73. The molecule has 29 heavy (non-hydrogen) atoms. The van der Waals surface area contributed by atoms with Gasteiger partial charge in [0.1, 0.15) is 0 Å². The number of benzene rings is 2. The van der Waals surface area contributed by atoms with E-state index in [1.165, 1.54) is 38.7 Å². The molecule has 0 aliphatic carbocycles. The Bertz CT molecular complexity index is 1190. The largest absolute Gasteiger partial charge is 0.399 e. The van der Waals surface area contributed by atoms with Gasteiger partial charge in [-0.05, 0) is 84.8 Å². The van der Waals surface area contributed by atoms with E-state index >= 15 is 0 Å². The van der Waals surface area contributed by atoms with Crippen molar-refractivity contribution in [1.82, 2.24) is 4.48 Å². The summed E-state index contributed by atoms with van der Waals surface area (Å²) in [7, 11) is 2.06. The van der Waals surface area contributed by atoms with Gasteiger partial charge in [-0.15, -0.1) is 0 Å². The van der Waals surface area contributed by atoms with Crippen molar-refractivity contribution in [2.24, 2.45) is 10.7 Å². The van der Waals surface area contributed by atoms with Crippen LogP contribution in [0.4, 0.5) is 0 Å². The molecule has 0 fully saturated rings. The molecule has 0 amide bonds. The van der Waals surface area contributed by atoms with Gasteiger partial charge in [0.05, 0.1) is 11.4 Å². The molecule has 3 aromatic rings. The highest BCUT2D eigenvalue weighted by atomic mass is 14.9. The van der Waals surface area contributed by atoms with E-state index in [0.717, 1.165) is 17.8 Å². The Labute approximate surface area is 173 Å². The van der Waals surface area contributed by atoms with Gasteiger partial charge < -0.3 is 10.2 Å². The van der Waals surface area contributed by atoms with Crippen LogP contribution < -0.4 is 5.73 Å². The monoisotopic (exact) mass is 379 g/mol. The van der Waals surface area contributed by atoms with Crippen molar-refractivity contribution < 1.29 is 0 Å². The predicted octanol–water partition coefficient (Wildman–Crippen LogP) is 4.52. The Morgan fingerprint density at radius 1 is 1.03 bits per heavy atom. The molecule has 0 spiro atoms. The van der Waals surface area contributed by atoms with Gasteiger partial charge in [-0.3, -0.25) is 0 Å². The lowest BCUT2D eigenvalue weighted by molar-refractivity contribution is 0.997. The van der Waals surface area contributed by atoms with Crippen LogP contribution in [0.15, 0.2) is 83.1 Å². The Kier molecular flexibility index (Phi) is 5.37. The highest BCUT2D eigenvalue weighted by Gasteiger charge is 2.17. The molecule has 1 aliphatic rings. The third-order valence-electron chi connectivity index (χ3n) is 5.52. The number of aliphatic imine (C=N–C) groups is 1. The van der Waals surface area contributed by atoms with E-state index in [0.29, 0.717) is 6.54 Å². The molecule has 4 heteroatoms. The van der Waals surface area contributed by atoms with Gasteiger partial charge >= 0.3 is 0 Å². The van der Waals surface area contributed by atoms with Crippen molar-refractivity contribution in [3.63, 3.8) is 0 Å². The maximum absolute atomic E-state index is 5.91. The van der Waals surface area contributed by atoms with Crippen molar-refractivity contribution in [1.29, 1.82) is 0 Å². The Morgan fingerprint density at radius 3 is 2.55 bits per heavy atom. The van der Waals surface area contributed by atoms with Gasteiger partial charge in [-0.2, -0.15) is 0 Å². The first-order valence-corrected chi connectivity index (χ1v) is 10.1. The van der Waals surface area contributed by atoms with Crippen LogP contribution in [0.3, 0.4) is 0 Å². The summed E-state index contributed by atoms with van der Waals surface area (Å²) in [4.78, 5) is 4.95. The zero-order valence-corrected chi connectivity index (χ0v) is 17.3. The number of aromatic nitrogens is 1. The zero-order valence-electron chi connectivity index (χ0n) is 17.3. The van der Waals surface area contributed by atoms with E-state index < -0.39 is 0 Å². The number of fused-ring (bicyclic) bond motifs is 1. The molecule has 0 radical (unpaired) electrons. The summed E-state index contributed by atoms with van der Waals surface area (Å²) in [5, 5.41) is 2.57. The minimum atomic E-state index is 0.605. The lowest BCUT2D eigenvalue weighted by atomic mass is 10.00. The van der Waals surface area contributed by atoms with Crippen LogP contribution in [0.1, 0.15) is 30.2 Å². The SMILES string of the molecule is Bn1cccc1/C(CCN)=C1N=C(/C=C/c2ccc(C)c3ccccc23)C=C\1C. The summed E-state index contributed by atoms with van der Waals surface area (Å²) in [6.45, 7) is 4.89. The average Bonchev–Trinajstić information content (AvgIpc) is 3.31. The number of aryl methyl sites for hydroxylation is 1. The van der Waals surface area contributed by atoms with Gasteiger partial charge in [0.15, 0.2) is 0 Å². The van der Waals surface area contributed by atoms with Crippen LogP contribution in [0.25, 0.3) is 22.4 Å². The molecule has 0 atom stereocenters. The van der Waals surface area contributed by atoms with Crippen molar-refractivity contribution in [2.75, 3.05) is 6.54 Å². The van der Waals surface area contributed by atoms with Crippen LogP contribution in [0.2, 0.25) is 0 Å². The summed E-state index contributed by atoms with van der Waals surface area (Å²) in [5.41, 5.74) is 14.0. The quantitative estimate of drug-likeness (QED) is 0.651. The summed E-state index contributed by atoms with van der Waals surface area (Å²) < 4.78 is 2.13. The first-order chi connectivity index (χ1) is 14.1. The van der Waals surface area contributed by atoms with E-state index in [1.807, 2.05) is 0 Å². The molecule has 0 saturated carbocycles. The van der Waals surface area contributed by atoms with E-state index in [2.05, 4.69) is 99.3 Å². The first-order valence-electron chi connectivity index (χ1n) is 10.1. The van der Waals surface area contributed by atoms with Crippen molar-refractivity contribution in [3.05, 3.63) is 95.0 Å². The highest BCUT2D eigenvalue weighted by molar-refractivity contribution is 6.12. The zero-order chi connectivity index (χ0) is 20.4. The van der Waals surface area contributed by atoms with Gasteiger partial charge in [0.2, 0.25) is 7.98 Å². The highest BCUT2D eigenvalue weighted by Crippen LogP contribution is 2.31. The number of allylic oxidation sites excluding steroid dienone is 3. The first kappa shape index (κ1) is 19.2. The van der Waals surface area contributed by atoms with Crippen LogP contribution >= 0.6 is 0 Å². The number of rotatable bonds is 5. The minimum Gasteiger partial charge on any atom is -0.399 e. The third-order valence-corrected chi connectivity index (χ3v) is 5.52. The van der Waals surface area contributed by atoms with Crippen LogP contribution in [0, 0.1) is 6.92 Å². The second kappa shape index (κ2) is 8.10. The molecule has 1 aromatic heterocycles. The van der Waals surface area contributed by atoms with Crippen molar-refractivity contribution in [2.45, 2.75) is 20.3 Å². The molecule has 4 rings (SSSR count). The van der Waals surface area contributed by atoms with Crippen LogP contribution in [-0.4, -0.2) is 24.7 Å². The standard InChI is InChI=1S/C25H26BN3/c1-17-9-10-19(22-7-4-3-6-21(17)22)11-12-20-16-18(2)25(28-20)23(13-14-27)24-8-5-15-29(24)26/h3-12,15-16H,13-14,26-27H2,1-2H3/b12-11+,25-23-. The average molecular weight is 379 g/mol. The number of hydrogen-bond acceptors (Lipinski definition) is 2. The van der Waals surface area contributed by atoms with E-state index in [9.17, 15) is 0 Å². The third kappa shape index (κ3) is 3.76. The molecule has 0 unspecified atom stereocenters. The molecule has 0 saturated heterocycles. The molecule has 0 bridgehead atoms. The Hall–Kier alpha value is -3.11. The van der Waals surface area contributed by atoms with Gasteiger partial charge in [-0.1, -0.05) is 42.5 Å². The molecular weight excluding hydrogens is 353 g/mol.